The van der Waals surface area contributed by atoms with E-state index in [4.69, 9.17) is 14.5 Å². The molecule has 25 heavy (non-hydrogen) atoms. The van der Waals surface area contributed by atoms with E-state index in [0.717, 1.165) is 0 Å². The number of benzene rings is 2. The molecule has 0 radical (unpaired) electrons. The number of halogens is 2. The second-order valence-corrected chi connectivity index (χ2v) is 6.87. The van der Waals surface area contributed by atoms with Gasteiger partial charge in [0, 0.05) is 0 Å². The Morgan fingerprint density at radius 2 is 1.60 bits per heavy atom. The highest BCUT2D eigenvalue weighted by Crippen LogP contribution is 2.58. The molecule has 1 atom stereocenters. The highest BCUT2D eigenvalue weighted by Gasteiger charge is 2.56. The average molecular weight is 371 g/mol. The van der Waals surface area contributed by atoms with Crippen molar-refractivity contribution in [1.82, 2.24) is 5.32 Å². The minimum Gasteiger partial charge on any atom is -0.445 e. The lowest BCUT2D eigenvalue weighted by Gasteiger charge is -2.28. The number of amides is 1. The van der Waals surface area contributed by atoms with E-state index in [9.17, 15) is 18.1 Å². The summed E-state index contributed by atoms with van der Waals surface area (Å²) in [6.07, 6.45) is -1.22. The van der Waals surface area contributed by atoms with Crippen molar-refractivity contribution in [2.24, 2.45) is 0 Å². The zero-order valence-corrected chi connectivity index (χ0v) is 13.8. The van der Waals surface area contributed by atoms with Gasteiger partial charge in [-0.3, -0.25) is 4.57 Å². The van der Waals surface area contributed by atoms with Gasteiger partial charge in [0.15, 0.2) is 0 Å². The minimum absolute atomic E-state index is 0.160. The lowest BCUT2D eigenvalue weighted by Crippen LogP contribution is -2.40. The molecular formula is C16H16F2NO5P. The van der Waals surface area contributed by atoms with E-state index in [1.807, 2.05) is 5.32 Å². The molecule has 0 unspecified atom stereocenters. The monoisotopic (exact) mass is 371 g/mol. The maximum absolute atomic E-state index is 14.2. The van der Waals surface area contributed by atoms with Crippen molar-refractivity contribution in [3.05, 3.63) is 71.8 Å². The quantitative estimate of drug-likeness (QED) is 0.676. The minimum atomic E-state index is -5.83. The fourth-order valence-corrected chi connectivity index (χ4v) is 2.62. The molecular weight excluding hydrogens is 355 g/mol. The molecule has 134 valence electrons. The molecule has 0 aromatic heterocycles. The third kappa shape index (κ3) is 4.85. The standard InChI is InChI=1S/C16H16F2NO5P/c17-16(18,25(21,22)23)14(13-9-5-2-6-10-13)19-15(20)24-11-12-7-3-1-4-8-12/h1-10,14H,11H2,(H,19,20)(H2,21,22,23)/t14-/m1/s1. The van der Waals surface area contributed by atoms with Crippen LogP contribution in [0.3, 0.4) is 0 Å². The summed E-state index contributed by atoms with van der Waals surface area (Å²) in [4.78, 5) is 29.8. The zero-order chi connectivity index (χ0) is 18.5. The Balaban J connectivity index is 2.16. The topological polar surface area (TPSA) is 95.9 Å². The molecule has 2 aromatic rings. The number of carbonyl (C=O) groups is 1. The van der Waals surface area contributed by atoms with Crippen LogP contribution < -0.4 is 5.32 Å². The van der Waals surface area contributed by atoms with Crippen LogP contribution in [0.4, 0.5) is 13.6 Å². The summed E-state index contributed by atoms with van der Waals surface area (Å²) in [6, 6.07) is 13.1. The number of ether oxygens (including phenoxy) is 1. The van der Waals surface area contributed by atoms with Gasteiger partial charge < -0.3 is 19.8 Å². The third-order valence-corrected chi connectivity index (χ3v) is 4.38. The second-order valence-electron chi connectivity index (χ2n) is 5.18. The van der Waals surface area contributed by atoms with Crippen molar-refractivity contribution in [1.29, 1.82) is 0 Å². The fraction of sp³-hybridized carbons (Fsp3) is 0.188. The highest BCUT2D eigenvalue weighted by atomic mass is 31.2. The summed E-state index contributed by atoms with van der Waals surface area (Å²) >= 11 is 0. The van der Waals surface area contributed by atoms with Crippen molar-refractivity contribution in [2.75, 3.05) is 0 Å². The number of carbonyl (C=O) groups excluding carboxylic acids is 1. The van der Waals surface area contributed by atoms with Gasteiger partial charge in [-0.05, 0) is 11.1 Å². The van der Waals surface area contributed by atoms with Gasteiger partial charge in [0.1, 0.15) is 12.6 Å². The van der Waals surface area contributed by atoms with Crippen LogP contribution in [0.1, 0.15) is 17.2 Å². The van der Waals surface area contributed by atoms with Crippen LogP contribution in [0.15, 0.2) is 60.7 Å². The van der Waals surface area contributed by atoms with E-state index < -0.39 is 25.4 Å². The molecule has 1 amide bonds. The predicted molar refractivity (Wildman–Crippen MR) is 85.9 cm³/mol. The number of nitrogens with one attached hydrogen (secondary N) is 1. The van der Waals surface area contributed by atoms with E-state index >= 15 is 0 Å². The van der Waals surface area contributed by atoms with Crippen LogP contribution in [-0.2, 0) is 15.9 Å². The first kappa shape index (κ1) is 19.1. The van der Waals surface area contributed by atoms with Gasteiger partial charge in [-0.1, -0.05) is 60.7 Å². The van der Waals surface area contributed by atoms with Gasteiger partial charge in [-0.2, -0.15) is 8.78 Å². The summed E-state index contributed by atoms with van der Waals surface area (Å²) in [5.74, 6) is 0. The van der Waals surface area contributed by atoms with Crippen LogP contribution in [0.5, 0.6) is 0 Å². The van der Waals surface area contributed by atoms with Gasteiger partial charge in [0.25, 0.3) is 0 Å². The molecule has 0 saturated carbocycles. The lowest BCUT2D eigenvalue weighted by molar-refractivity contribution is 0.0170. The fourth-order valence-electron chi connectivity index (χ4n) is 2.07. The molecule has 0 aliphatic carbocycles. The van der Waals surface area contributed by atoms with Crippen LogP contribution in [-0.4, -0.2) is 21.5 Å². The SMILES string of the molecule is O=C(N[C@H](c1ccccc1)C(F)(F)P(=O)(O)O)OCc1ccccc1. The van der Waals surface area contributed by atoms with Crippen molar-refractivity contribution in [2.45, 2.75) is 18.3 Å². The van der Waals surface area contributed by atoms with Crippen LogP contribution in [0.25, 0.3) is 0 Å². The average Bonchev–Trinajstić information content (AvgIpc) is 2.58. The Labute approximate surface area is 142 Å². The molecule has 0 fully saturated rings. The molecule has 2 aromatic carbocycles. The Hall–Kier alpha value is -2.28. The largest absolute Gasteiger partial charge is 0.445 e. The molecule has 6 nitrogen and oxygen atoms in total. The maximum Gasteiger partial charge on any atom is 0.408 e. The summed E-state index contributed by atoms with van der Waals surface area (Å²) in [5.41, 5.74) is -4.02. The molecule has 2 rings (SSSR count). The van der Waals surface area contributed by atoms with Crippen LogP contribution >= 0.6 is 7.60 Å². The first-order valence-corrected chi connectivity index (χ1v) is 8.78. The van der Waals surface area contributed by atoms with E-state index in [2.05, 4.69) is 0 Å². The van der Waals surface area contributed by atoms with Crippen molar-refractivity contribution < 1.29 is 32.7 Å². The third-order valence-electron chi connectivity index (χ3n) is 3.34. The second kappa shape index (κ2) is 7.74. The Bertz CT molecular complexity index is 752. The number of alkyl carbamates (subject to hydrolysis) is 1. The summed E-state index contributed by atoms with van der Waals surface area (Å²) < 4.78 is 44.4. The van der Waals surface area contributed by atoms with E-state index in [0.29, 0.717) is 5.56 Å². The van der Waals surface area contributed by atoms with Gasteiger partial charge >= 0.3 is 19.4 Å². The number of hydrogen-bond donors (Lipinski definition) is 3. The summed E-state index contributed by atoms with van der Waals surface area (Å²) in [5, 5.41) is 1.85. The predicted octanol–water partition coefficient (Wildman–Crippen LogP) is 3.42. The smallest absolute Gasteiger partial charge is 0.408 e. The van der Waals surface area contributed by atoms with Crippen molar-refractivity contribution in [3.8, 4) is 0 Å². The van der Waals surface area contributed by atoms with E-state index in [1.54, 1.807) is 36.4 Å². The molecule has 0 aliphatic rings. The molecule has 0 heterocycles. The number of alkyl halides is 2. The number of hydrogen-bond acceptors (Lipinski definition) is 3. The van der Waals surface area contributed by atoms with Gasteiger partial charge in [-0.25, -0.2) is 4.79 Å². The Kier molecular flexibility index (Phi) is 5.89. The molecule has 9 heteroatoms. The Morgan fingerprint density at radius 1 is 1.08 bits per heavy atom. The van der Waals surface area contributed by atoms with Crippen molar-refractivity contribution >= 4 is 13.7 Å². The maximum atomic E-state index is 14.2. The molecule has 0 spiro atoms. The van der Waals surface area contributed by atoms with E-state index in [-0.39, 0.29) is 12.2 Å². The number of rotatable bonds is 6. The first-order chi connectivity index (χ1) is 11.7. The zero-order valence-electron chi connectivity index (χ0n) is 12.9. The lowest BCUT2D eigenvalue weighted by atomic mass is 10.1. The van der Waals surface area contributed by atoms with Crippen molar-refractivity contribution in [3.63, 3.8) is 0 Å². The summed E-state index contributed by atoms with van der Waals surface area (Å²) in [7, 11) is -5.83. The molecule has 0 aliphatic heterocycles. The van der Waals surface area contributed by atoms with E-state index in [1.165, 1.54) is 24.3 Å². The first-order valence-electron chi connectivity index (χ1n) is 7.17. The van der Waals surface area contributed by atoms with Gasteiger partial charge in [-0.15, -0.1) is 0 Å². The molecule has 0 bridgehead atoms. The normalized spacial score (nSPS) is 13.1. The molecule has 0 saturated heterocycles. The van der Waals surface area contributed by atoms with Gasteiger partial charge in [0.2, 0.25) is 0 Å². The van der Waals surface area contributed by atoms with Gasteiger partial charge in [0.05, 0.1) is 0 Å². The van der Waals surface area contributed by atoms with Crippen LogP contribution in [0, 0.1) is 0 Å². The Morgan fingerprint density at radius 3 is 2.12 bits per heavy atom. The summed E-state index contributed by atoms with van der Waals surface area (Å²) in [6.45, 7) is -0.171. The van der Waals surface area contributed by atoms with Crippen LogP contribution in [0.2, 0.25) is 0 Å². The highest BCUT2D eigenvalue weighted by molar-refractivity contribution is 7.53. The molecule has 3 N–H and O–H groups in total.